The number of methoxy groups -OCH3 is 1. The summed E-state index contributed by atoms with van der Waals surface area (Å²) in [5, 5.41) is 9.21. The summed E-state index contributed by atoms with van der Waals surface area (Å²) in [5.41, 5.74) is -1.41. The molecule has 0 aromatic rings. The lowest BCUT2D eigenvalue weighted by Gasteiger charge is -2.40. The molecule has 1 aliphatic rings. The minimum atomic E-state index is -4.59. The average Bonchev–Trinajstić information content (AvgIpc) is 2.16. The summed E-state index contributed by atoms with van der Waals surface area (Å²) in [7, 11) is 1.24. The zero-order chi connectivity index (χ0) is 10.8. The van der Waals surface area contributed by atoms with E-state index in [9.17, 15) is 18.3 Å². The van der Waals surface area contributed by atoms with E-state index in [1.54, 1.807) is 0 Å². The molecule has 0 amide bonds. The second-order valence-corrected chi connectivity index (χ2v) is 3.77. The largest absolute Gasteiger partial charge is 0.417 e. The molecule has 0 heterocycles. The van der Waals surface area contributed by atoms with Crippen molar-refractivity contribution >= 4 is 0 Å². The topological polar surface area (TPSA) is 29.5 Å². The van der Waals surface area contributed by atoms with Crippen LogP contribution in [0.5, 0.6) is 0 Å². The predicted molar refractivity (Wildman–Crippen MR) is 44.9 cm³/mol. The van der Waals surface area contributed by atoms with Crippen LogP contribution in [-0.4, -0.2) is 30.1 Å². The average molecular weight is 212 g/mol. The first-order chi connectivity index (χ1) is 6.42. The fraction of sp³-hybridized carbons (Fsp3) is 1.00. The third kappa shape index (κ3) is 2.20. The molecule has 1 unspecified atom stereocenters. The quantitative estimate of drug-likeness (QED) is 0.760. The first kappa shape index (κ1) is 11.8. The first-order valence-corrected chi connectivity index (χ1v) is 4.72. The Morgan fingerprint density at radius 2 is 1.71 bits per heavy atom. The lowest BCUT2D eigenvalue weighted by Crippen LogP contribution is -2.53. The Bertz CT molecular complexity index is 185. The number of hydrogen-bond acceptors (Lipinski definition) is 2. The summed E-state index contributed by atoms with van der Waals surface area (Å²) in [4.78, 5) is 0. The highest BCUT2D eigenvalue weighted by atomic mass is 19.4. The lowest BCUT2D eigenvalue weighted by molar-refractivity contribution is -0.268. The molecular weight excluding hydrogens is 197 g/mol. The third-order valence-corrected chi connectivity index (χ3v) is 2.91. The number of alkyl halides is 3. The minimum Gasteiger partial charge on any atom is -0.381 e. The lowest BCUT2D eigenvalue weighted by atomic mass is 9.80. The fourth-order valence-corrected chi connectivity index (χ4v) is 2.04. The molecule has 0 bridgehead atoms. The van der Waals surface area contributed by atoms with E-state index >= 15 is 0 Å². The molecule has 1 atom stereocenters. The van der Waals surface area contributed by atoms with Crippen molar-refractivity contribution in [3.05, 3.63) is 0 Å². The van der Waals surface area contributed by atoms with Crippen LogP contribution in [0.25, 0.3) is 0 Å². The summed E-state index contributed by atoms with van der Waals surface area (Å²) in [5.74, 6) is 0. The van der Waals surface area contributed by atoms with Crippen LogP contribution in [0.2, 0.25) is 0 Å². The van der Waals surface area contributed by atoms with E-state index < -0.39 is 17.9 Å². The minimum absolute atomic E-state index is 0.282. The molecule has 1 rings (SSSR count). The molecule has 1 fully saturated rings. The maximum absolute atomic E-state index is 12.3. The smallest absolute Gasteiger partial charge is 0.381 e. The van der Waals surface area contributed by atoms with Crippen molar-refractivity contribution in [2.24, 2.45) is 0 Å². The van der Waals surface area contributed by atoms with E-state index in [1.165, 1.54) is 7.11 Å². The molecule has 5 heteroatoms. The summed E-state index contributed by atoms with van der Waals surface area (Å²) in [6, 6.07) is 0. The van der Waals surface area contributed by atoms with Gasteiger partial charge in [0, 0.05) is 7.11 Å². The van der Waals surface area contributed by atoms with E-state index in [0.29, 0.717) is 12.8 Å². The monoisotopic (exact) mass is 212 g/mol. The van der Waals surface area contributed by atoms with Crippen LogP contribution >= 0.6 is 0 Å². The highest BCUT2D eigenvalue weighted by molar-refractivity contribution is 4.94. The van der Waals surface area contributed by atoms with Gasteiger partial charge in [-0.1, -0.05) is 19.3 Å². The fourth-order valence-electron chi connectivity index (χ4n) is 2.04. The standard InChI is InChI=1S/C9H15F3O2/c1-14-8(5-3-2-4-6-8)7(13)9(10,11)12/h7,13H,2-6H2,1H3. The molecule has 0 spiro atoms. The molecule has 0 radical (unpaired) electrons. The SMILES string of the molecule is COC1(C(O)C(F)(F)F)CCCCC1. The summed E-state index contributed by atoms with van der Waals surface area (Å²) in [6.07, 6.45) is -4.11. The first-order valence-electron chi connectivity index (χ1n) is 4.72. The van der Waals surface area contributed by atoms with Crippen LogP contribution < -0.4 is 0 Å². The highest BCUT2D eigenvalue weighted by Crippen LogP contribution is 2.40. The van der Waals surface area contributed by atoms with E-state index in [1.807, 2.05) is 0 Å². The Kier molecular flexibility index (Phi) is 3.42. The number of halogens is 3. The molecule has 84 valence electrons. The van der Waals surface area contributed by atoms with Gasteiger partial charge >= 0.3 is 6.18 Å². The maximum Gasteiger partial charge on any atom is 0.417 e. The van der Waals surface area contributed by atoms with Gasteiger partial charge in [0.15, 0.2) is 6.10 Å². The van der Waals surface area contributed by atoms with Crippen molar-refractivity contribution in [1.82, 2.24) is 0 Å². The van der Waals surface area contributed by atoms with Gasteiger partial charge in [-0.2, -0.15) is 13.2 Å². The van der Waals surface area contributed by atoms with Gasteiger partial charge in [-0.05, 0) is 12.8 Å². The van der Waals surface area contributed by atoms with Gasteiger partial charge in [0.2, 0.25) is 0 Å². The van der Waals surface area contributed by atoms with Crippen LogP contribution in [0.1, 0.15) is 32.1 Å². The molecule has 0 saturated heterocycles. The number of aliphatic hydroxyl groups is 1. The van der Waals surface area contributed by atoms with Gasteiger partial charge in [0.05, 0.1) is 0 Å². The van der Waals surface area contributed by atoms with Gasteiger partial charge in [-0.25, -0.2) is 0 Å². The van der Waals surface area contributed by atoms with Gasteiger partial charge in [0.25, 0.3) is 0 Å². The Morgan fingerprint density at radius 3 is 2.07 bits per heavy atom. The Morgan fingerprint density at radius 1 is 1.21 bits per heavy atom. The molecular formula is C9H15F3O2. The molecule has 0 aromatic carbocycles. The molecule has 14 heavy (non-hydrogen) atoms. The van der Waals surface area contributed by atoms with E-state index in [-0.39, 0.29) is 12.8 Å². The van der Waals surface area contributed by atoms with Crippen molar-refractivity contribution in [3.8, 4) is 0 Å². The van der Waals surface area contributed by atoms with E-state index in [2.05, 4.69) is 0 Å². The second-order valence-electron chi connectivity index (χ2n) is 3.77. The summed E-state index contributed by atoms with van der Waals surface area (Å²) < 4.78 is 41.9. The highest BCUT2D eigenvalue weighted by Gasteiger charge is 2.53. The number of rotatable bonds is 2. The summed E-state index contributed by atoms with van der Waals surface area (Å²) in [6.45, 7) is 0. The van der Waals surface area contributed by atoms with Crippen molar-refractivity contribution < 1.29 is 23.0 Å². The van der Waals surface area contributed by atoms with Crippen molar-refractivity contribution in [2.45, 2.75) is 50.0 Å². The third-order valence-electron chi connectivity index (χ3n) is 2.91. The molecule has 1 N–H and O–H groups in total. The van der Waals surface area contributed by atoms with Crippen LogP contribution in [0.4, 0.5) is 13.2 Å². The van der Waals surface area contributed by atoms with Crippen molar-refractivity contribution in [2.75, 3.05) is 7.11 Å². The van der Waals surface area contributed by atoms with Crippen molar-refractivity contribution in [3.63, 3.8) is 0 Å². The van der Waals surface area contributed by atoms with Crippen LogP contribution in [-0.2, 0) is 4.74 Å². The van der Waals surface area contributed by atoms with Gasteiger partial charge in [-0.15, -0.1) is 0 Å². The van der Waals surface area contributed by atoms with Gasteiger partial charge in [-0.3, -0.25) is 0 Å². The molecule has 0 aromatic heterocycles. The second kappa shape index (κ2) is 4.06. The van der Waals surface area contributed by atoms with Crippen LogP contribution in [0, 0.1) is 0 Å². The maximum atomic E-state index is 12.3. The summed E-state index contributed by atoms with van der Waals surface area (Å²) >= 11 is 0. The predicted octanol–water partition coefficient (Wildman–Crippen LogP) is 2.26. The zero-order valence-corrected chi connectivity index (χ0v) is 8.10. The normalized spacial score (nSPS) is 24.6. The Labute approximate surface area is 81.1 Å². The Hall–Kier alpha value is -0.290. The molecule has 0 aliphatic heterocycles. The van der Waals surface area contributed by atoms with Crippen LogP contribution in [0.15, 0.2) is 0 Å². The number of aliphatic hydroxyl groups excluding tert-OH is 1. The molecule has 1 saturated carbocycles. The van der Waals surface area contributed by atoms with Crippen molar-refractivity contribution in [1.29, 1.82) is 0 Å². The zero-order valence-electron chi connectivity index (χ0n) is 8.10. The molecule has 2 nitrogen and oxygen atoms in total. The van der Waals surface area contributed by atoms with Gasteiger partial charge < -0.3 is 9.84 Å². The molecule has 1 aliphatic carbocycles. The van der Waals surface area contributed by atoms with Gasteiger partial charge in [0.1, 0.15) is 5.60 Å². The number of ether oxygens (including phenoxy) is 1. The van der Waals surface area contributed by atoms with E-state index in [4.69, 9.17) is 4.74 Å². The van der Waals surface area contributed by atoms with Crippen LogP contribution in [0.3, 0.4) is 0 Å². The number of hydrogen-bond donors (Lipinski definition) is 1. The van der Waals surface area contributed by atoms with E-state index in [0.717, 1.165) is 6.42 Å². The Balaban J connectivity index is 2.77.